The molecule has 0 aliphatic rings. The van der Waals surface area contributed by atoms with Crippen molar-refractivity contribution >= 4 is 15.7 Å². The number of benzene rings is 1. The molecule has 0 heterocycles. The van der Waals surface area contributed by atoms with Gasteiger partial charge in [-0.3, -0.25) is 10.1 Å². The molecular formula is C11H17N3O5S. The van der Waals surface area contributed by atoms with Crippen LogP contribution in [0.25, 0.3) is 0 Å². The number of rotatable bonds is 9. The Morgan fingerprint density at radius 3 is 2.35 bits per heavy atom. The summed E-state index contributed by atoms with van der Waals surface area (Å²) >= 11 is 0. The van der Waals surface area contributed by atoms with Crippen LogP contribution in [0, 0.1) is 10.1 Å². The second-order valence-corrected chi connectivity index (χ2v) is 5.63. The summed E-state index contributed by atoms with van der Waals surface area (Å²) in [5.41, 5.74) is -0.153. The molecule has 20 heavy (non-hydrogen) atoms. The van der Waals surface area contributed by atoms with Crippen molar-refractivity contribution in [2.45, 2.75) is 4.90 Å². The predicted octanol–water partition coefficient (Wildman–Crippen LogP) is 0.109. The third kappa shape index (κ3) is 5.21. The lowest BCUT2D eigenvalue weighted by Crippen LogP contribution is -2.28. The van der Waals surface area contributed by atoms with E-state index < -0.39 is 14.9 Å². The summed E-state index contributed by atoms with van der Waals surface area (Å²) in [6, 6.07) is 4.70. The molecule has 8 nitrogen and oxygen atoms in total. The number of likely N-dealkylation sites (N-methyl/N-ethyl adjacent to an activating group) is 1. The molecule has 1 rings (SSSR count). The highest BCUT2D eigenvalue weighted by Crippen LogP contribution is 2.15. The van der Waals surface area contributed by atoms with Crippen molar-refractivity contribution in [1.82, 2.24) is 10.0 Å². The molecule has 0 atom stereocenters. The number of non-ortho nitro benzene ring substituents is 1. The molecule has 0 aliphatic heterocycles. The van der Waals surface area contributed by atoms with Gasteiger partial charge in [0.2, 0.25) is 10.0 Å². The van der Waals surface area contributed by atoms with Crippen molar-refractivity contribution in [2.24, 2.45) is 0 Å². The number of nitro groups is 1. The molecule has 0 bridgehead atoms. The highest BCUT2D eigenvalue weighted by Gasteiger charge is 2.14. The molecule has 0 saturated carbocycles. The first-order valence-electron chi connectivity index (χ1n) is 5.94. The Labute approximate surface area is 117 Å². The first-order chi connectivity index (χ1) is 9.47. The van der Waals surface area contributed by atoms with E-state index in [1.165, 1.54) is 12.1 Å². The van der Waals surface area contributed by atoms with Crippen LogP contribution in [-0.4, -0.2) is 46.7 Å². The van der Waals surface area contributed by atoms with Gasteiger partial charge < -0.3 is 10.1 Å². The van der Waals surface area contributed by atoms with Gasteiger partial charge in [-0.1, -0.05) is 0 Å². The van der Waals surface area contributed by atoms with Gasteiger partial charge in [-0.15, -0.1) is 0 Å². The summed E-state index contributed by atoms with van der Waals surface area (Å²) < 4.78 is 31.2. The fourth-order valence-corrected chi connectivity index (χ4v) is 2.37. The SMILES string of the molecule is CNCCOCCNS(=O)(=O)c1ccc([N+](=O)[O-])cc1. The van der Waals surface area contributed by atoms with Gasteiger partial charge in [-0.05, 0) is 19.2 Å². The van der Waals surface area contributed by atoms with Crippen LogP contribution in [0.1, 0.15) is 0 Å². The average Bonchev–Trinajstić information content (AvgIpc) is 2.43. The Morgan fingerprint density at radius 2 is 1.80 bits per heavy atom. The second-order valence-electron chi connectivity index (χ2n) is 3.86. The number of hydrogen-bond acceptors (Lipinski definition) is 6. The Morgan fingerprint density at radius 1 is 1.20 bits per heavy atom. The Balaban J connectivity index is 2.49. The Hall–Kier alpha value is -1.55. The van der Waals surface area contributed by atoms with E-state index >= 15 is 0 Å². The monoisotopic (exact) mass is 303 g/mol. The molecule has 0 amide bonds. The summed E-state index contributed by atoms with van der Waals surface area (Å²) in [6.45, 7) is 1.59. The summed E-state index contributed by atoms with van der Waals surface area (Å²) in [5, 5.41) is 13.4. The normalized spacial score (nSPS) is 11.4. The van der Waals surface area contributed by atoms with E-state index in [0.717, 1.165) is 12.1 Å². The first kappa shape index (κ1) is 16.5. The van der Waals surface area contributed by atoms with Gasteiger partial charge in [0.25, 0.3) is 5.69 Å². The van der Waals surface area contributed by atoms with Gasteiger partial charge in [0.15, 0.2) is 0 Å². The fourth-order valence-electron chi connectivity index (χ4n) is 1.35. The number of sulfonamides is 1. The van der Waals surface area contributed by atoms with E-state index in [9.17, 15) is 18.5 Å². The topological polar surface area (TPSA) is 111 Å². The summed E-state index contributed by atoms with van der Waals surface area (Å²) in [7, 11) is -1.87. The van der Waals surface area contributed by atoms with Gasteiger partial charge in [-0.25, -0.2) is 13.1 Å². The van der Waals surface area contributed by atoms with Crippen molar-refractivity contribution in [1.29, 1.82) is 0 Å². The van der Waals surface area contributed by atoms with Crippen molar-refractivity contribution < 1.29 is 18.1 Å². The van der Waals surface area contributed by atoms with E-state index in [0.29, 0.717) is 13.2 Å². The molecule has 0 aliphatic carbocycles. The van der Waals surface area contributed by atoms with Gasteiger partial charge in [0.1, 0.15) is 0 Å². The van der Waals surface area contributed by atoms with E-state index in [2.05, 4.69) is 10.0 Å². The van der Waals surface area contributed by atoms with Crippen LogP contribution in [0.4, 0.5) is 5.69 Å². The highest BCUT2D eigenvalue weighted by atomic mass is 32.2. The van der Waals surface area contributed by atoms with Crippen LogP contribution >= 0.6 is 0 Å². The maximum Gasteiger partial charge on any atom is 0.269 e. The van der Waals surface area contributed by atoms with Crippen LogP contribution in [-0.2, 0) is 14.8 Å². The van der Waals surface area contributed by atoms with Crippen molar-refractivity contribution in [2.75, 3.05) is 33.4 Å². The van der Waals surface area contributed by atoms with Crippen LogP contribution in [0.3, 0.4) is 0 Å². The number of nitro benzene ring substituents is 1. The van der Waals surface area contributed by atoms with Crippen LogP contribution < -0.4 is 10.0 Å². The lowest BCUT2D eigenvalue weighted by molar-refractivity contribution is -0.384. The number of ether oxygens (including phenoxy) is 1. The van der Waals surface area contributed by atoms with E-state index in [1.54, 1.807) is 7.05 Å². The number of nitrogens with zero attached hydrogens (tertiary/aromatic N) is 1. The van der Waals surface area contributed by atoms with Gasteiger partial charge in [0, 0.05) is 25.2 Å². The smallest absolute Gasteiger partial charge is 0.269 e. The number of nitrogens with one attached hydrogen (secondary N) is 2. The molecule has 112 valence electrons. The molecule has 0 saturated heterocycles. The van der Waals surface area contributed by atoms with Gasteiger partial charge in [0.05, 0.1) is 23.0 Å². The van der Waals surface area contributed by atoms with E-state index in [-0.39, 0.29) is 23.7 Å². The Kier molecular flexibility index (Phi) is 6.52. The minimum absolute atomic E-state index is 0.0154. The predicted molar refractivity (Wildman–Crippen MR) is 73.0 cm³/mol. The zero-order valence-corrected chi connectivity index (χ0v) is 11.9. The third-order valence-corrected chi connectivity index (χ3v) is 3.87. The molecule has 0 aromatic heterocycles. The van der Waals surface area contributed by atoms with Crippen molar-refractivity contribution in [3.63, 3.8) is 0 Å². The maximum atomic E-state index is 11.9. The average molecular weight is 303 g/mol. The molecular weight excluding hydrogens is 286 g/mol. The standard InChI is InChI=1S/C11H17N3O5S/c1-12-6-8-19-9-7-13-20(17,18)11-4-2-10(3-5-11)14(15)16/h2-5,12-13H,6-9H2,1H3. The Bertz CT molecular complexity index is 529. The van der Waals surface area contributed by atoms with Crippen LogP contribution in [0.15, 0.2) is 29.2 Å². The minimum Gasteiger partial charge on any atom is -0.379 e. The summed E-state index contributed by atoms with van der Waals surface area (Å²) in [4.78, 5) is 9.88. The fraction of sp³-hybridized carbons (Fsp3) is 0.455. The second kappa shape index (κ2) is 7.90. The zero-order valence-electron chi connectivity index (χ0n) is 11.0. The van der Waals surface area contributed by atoms with Gasteiger partial charge in [-0.2, -0.15) is 0 Å². The van der Waals surface area contributed by atoms with Crippen molar-refractivity contribution in [3.05, 3.63) is 34.4 Å². The zero-order chi connectivity index (χ0) is 15.0. The van der Waals surface area contributed by atoms with Crippen LogP contribution in [0.5, 0.6) is 0 Å². The third-order valence-electron chi connectivity index (χ3n) is 2.39. The molecule has 1 aromatic rings. The van der Waals surface area contributed by atoms with E-state index in [1.807, 2.05) is 0 Å². The van der Waals surface area contributed by atoms with Gasteiger partial charge >= 0.3 is 0 Å². The summed E-state index contributed by atoms with van der Waals surface area (Å²) in [5.74, 6) is 0. The quantitative estimate of drug-likeness (QED) is 0.380. The molecule has 2 N–H and O–H groups in total. The largest absolute Gasteiger partial charge is 0.379 e. The van der Waals surface area contributed by atoms with E-state index in [4.69, 9.17) is 4.74 Å². The molecule has 1 aromatic carbocycles. The molecule has 0 radical (unpaired) electrons. The molecule has 0 spiro atoms. The summed E-state index contributed by atoms with van der Waals surface area (Å²) in [6.07, 6.45) is 0. The maximum absolute atomic E-state index is 11.9. The molecule has 0 unspecified atom stereocenters. The lowest BCUT2D eigenvalue weighted by atomic mass is 10.3. The van der Waals surface area contributed by atoms with Crippen molar-refractivity contribution in [3.8, 4) is 0 Å². The highest BCUT2D eigenvalue weighted by molar-refractivity contribution is 7.89. The lowest BCUT2D eigenvalue weighted by Gasteiger charge is -2.07. The van der Waals surface area contributed by atoms with Crippen LogP contribution in [0.2, 0.25) is 0 Å². The molecule has 9 heteroatoms. The molecule has 0 fully saturated rings. The first-order valence-corrected chi connectivity index (χ1v) is 7.42. The number of hydrogen-bond donors (Lipinski definition) is 2. The minimum atomic E-state index is -3.66.